The number of nitrogens with one attached hydrogen (secondary N) is 1. The minimum Gasteiger partial charge on any atom is -0.495 e. The Kier molecular flexibility index (Phi) is 6.07. The molecule has 2 aromatic heterocycles. The van der Waals surface area contributed by atoms with E-state index in [1.54, 1.807) is 39.1 Å². The van der Waals surface area contributed by atoms with Crippen molar-refractivity contribution in [1.29, 1.82) is 0 Å². The van der Waals surface area contributed by atoms with Gasteiger partial charge in [0.15, 0.2) is 0 Å². The highest BCUT2D eigenvalue weighted by Crippen LogP contribution is 2.41. The van der Waals surface area contributed by atoms with E-state index in [0.717, 1.165) is 33.1 Å². The Bertz CT molecular complexity index is 1130. The number of rotatable bonds is 5. The number of carbonyl (C=O) groups is 2. The van der Waals surface area contributed by atoms with Crippen LogP contribution in [-0.2, 0) is 9.53 Å². The van der Waals surface area contributed by atoms with Gasteiger partial charge in [0.25, 0.3) is 0 Å². The van der Waals surface area contributed by atoms with Crippen LogP contribution in [0.1, 0.15) is 26.3 Å². The molecule has 1 amide bonds. The molecular weight excluding hydrogens is 402 g/mol. The van der Waals surface area contributed by atoms with Gasteiger partial charge in [-0.1, -0.05) is 6.07 Å². The lowest BCUT2D eigenvalue weighted by molar-refractivity contribution is -0.104. The van der Waals surface area contributed by atoms with Crippen LogP contribution in [0.15, 0.2) is 35.9 Å². The molecule has 3 N–H and O–H groups in total. The molecule has 0 radical (unpaired) electrons. The molecule has 0 saturated carbocycles. The van der Waals surface area contributed by atoms with Crippen LogP contribution in [0.4, 0.5) is 16.3 Å². The highest BCUT2D eigenvalue weighted by Gasteiger charge is 2.19. The van der Waals surface area contributed by atoms with E-state index in [1.165, 1.54) is 24.5 Å². The van der Waals surface area contributed by atoms with E-state index in [2.05, 4.69) is 10.3 Å². The molecule has 8 heteroatoms. The van der Waals surface area contributed by atoms with E-state index in [1.807, 2.05) is 17.5 Å². The highest BCUT2D eigenvalue weighted by molar-refractivity contribution is 7.18. The number of pyridine rings is 1. The smallest absolute Gasteiger partial charge is 0.412 e. The van der Waals surface area contributed by atoms with Crippen LogP contribution in [0, 0.1) is 0 Å². The van der Waals surface area contributed by atoms with E-state index in [4.69, 9.17) is 15.2 Å². The van der Waals surface area contributed by atoms with E-state index >= 15 is 0 Å². The third kappa shape index (κ3) is 4.60. The summed E-state index contributed by atoms with van der Waals surface area (Å²) in [7, 11) is 1.53. The largest absolute Gasteiger partial charge is 0.495 e. The predicted octanol–water partition coefficient (Wildman–Crippen LogP) is 5.11. The Hall–Kier alpha value is -3.39. The summed E-state index contributed by atoms with van der Waals surface area (Å²) in [6, 6.07) is 5.44. The molecule has 30 heavy (non-hydrogen) atoms. The fourth-order valence-electron chi connectivity index (χ4n) is 2.94. The third-order valence-electron chi connectivity index (χ3n) is 4.15. The standard InChI is InChI=1S/C22H23N3O4S/c1-22(2,3)29-21(27)25-16-8-7-13(10-17(16)28-4)15-12-30-19-14(6-5-9-26)11-24-20(23)18(15)19/h5-12H,1-4H3,(H2,23,24)(H,25,27)/b6-5+. The number of hydrogen-bond acceptors (Lipinski definition) is 7. The summed E-state index contributed by atoms with van der Waals surface area (Å²) in [4.78, 5) is 27.1. The Labute approximate surface area is 178 Å². The maximum atomic E-state index is 12.1. The monoisotopic (exact) mass is 425 g/mol. The zero-order valence-electron chi connectivity index (χ0n) is 17.2. The van der Waals surface area contributed by atoms with E-state index in [0.29, 0.717) is 17.3 Å². The lowest BCUT2D eigenvalue weighted by Gasteiger charge is -2.20. The normalized spacial score (nSPS) is 11.6. The number of hydrogen-bond donors (Lipinski definition) is 2. The number of nitrogens with two attached hydrogens (primary N) is 1. The molecule has 1 aromatic carbocycles. The second-order valence-corrected chi connectivity index (χ2v) is 8.37. The van der Waals surface area contributed by atoms with Gasteiger partial charge in [0.2, 0.25) is 0 Å². The molecule has 0 unspecified atom stereocenters. The molecule has 0 spiro atoms. The van der Waals surface area contributed by atoms with Crippen LogP contribution >= 0.6 is 11.3 Å². The maximum Gasteiger partial charge on any atom is 0.412 e. The van der Waals surface area contributed by atoms with Crippen molar-refractivity contribution in [1.82, 2.24) is 4.98 Å². The molecule has 0 atom stereocenters. The third-order valence-corrected chi connectivity index (χ3v) is 5.18. The van der Waals surface area contributed by atoms with Crippen LogP contribution in [0.5, 0.6) is 5.75 Å². The van der Waals surface area contributed by atoms with Crippen molar-refractivity contribution in [2.45, 2.75) is 26.4 Å². The summed E-state index contributed by atoms with van der Waals surface area (Å²) >= 11 is 1.52. The molecule has 0 saturated heterocycles. The number of fused-ring (bicyclic) bond motifs is 1. The molecule has 0 aliphatic heterocycles. The van der Waals surface area contributed by atoms with Crippen molar-refractivity contribution in [3.8, 4) is 16.9 Å². The van der Waals surface area contributed by atoms with Crippen molar-refractivity contribution < 1.29 is 19.1 Å². The van der Waals surface area contributed by atoms with Crippen molar-refractivity contribution in [3.63, 3.8) is 0 Å². The first kappa shape index (κ1) is 21.3. The molecule has 7 nitrogen and oxygen atoms in total. The number of ether oxygens (including phenoxy) is 2. The number of carbonyl (C=O) groups excluding carboxylic acids is 2. The summed E-state index contributed by atoms with van der Waals surface area (Å²) in [5.41, 5.74) is 8.62. The first-order valence-electron chi connectivity index (χ1n) is 9.19. The second kappa shape index (κ2) is 8.54. The van der Waals surface area contributed by atoms with Crippen molar-refractivity contribution in [2.24, 2.45) is 0 Å². The van der Waals surface area contributed by atoms with Crippen molar-refractivity contribution >= 4 is 51.4 Å². The lowest BCUT2D eigenvalue weighted by Crippen LogP contribution is -2.27. The van der Waals surface area contributed by atoms with Crippen LogP contribution in [0.2, 0.25) is 0 Å². The zero-order chi connectivity index (χ0) is 21.9. The van der Waals surface area contributed by atoms with Gasteiger partial charge in [-0.25, -0.2) is 9.78 Å². The Morgan fingerprint density at radius 3 is 2.73 bits per heavy atom. The van der Waals surface area contributed by atoms with E-state index in [-0.39, 0.29) is 0 Å². The summed E-state index contributed by atoms with van der Waals surface area (Å²) < 4.78 is 11.7. The zero-order valence-corrected chi connectivity index (χ0v) is 18.0. The van der Waals surface area contributed by atoms with Crippen LogP contribution in [-0.4, -0.2) is 30.1 Å². The van der Waals surface area contributed by atoms with E-state index < -0.39 is 11.7 Å². The second-order valence-electron chi connectivity index (χ2n) is 7.49. The van der Waals surface area contributed by atoms with Gasteiger partial charge in [-0.05, 0) is 56.0 Å². The van der Waals surface area contributed by atoms with Gasteiger partial charge in [0.05, 0.1) is 12.8 Å². The van der Waals surface area contributed by atoms with Gasteiger partial charge in [-0.15, -0.1) is 11.3 Å². The first-order valence-corrected chi connectivity index (χ1v) is 10.1. The molecular formula is C22H23N3O4S. The van der Waals surface area contributed by atoms with Crippen molar-refractivity contribution in [2.75, 3.05) is 18.2 Å². The van der Waals surface area contributed by atoms with Gasteiger partial charge in [-0.2, -0.15) is 0 Å². The number of methoxy groups -OCH3 is 1. The van der Waals surface area contributed by atoms with Crippen molar-refractivity contribution in [3.05, 3.63) is 41.4 Å². The topological polar surface area (TPSA) is 104 Å². The number of nitrogen functional groups attached to an aromatic ring is 1. The molecule has 0 aliphatic rings. The average molecular weight is 426 g/mol. The summed E-state index contributed by atoms with van der Waals surface area (Å²) in [6.07, 6.45) is 4.93. The highest BCUT2D eigenvalue weighted by atomic mass is 32.1. The molecule has 156 valence electrons. The molecule has 2 heterocycles. The van der Waals surface area contributed by atoms with Gasteiger partial charge < -0.3 is 15.2 Å². The number of aromatic nitrogens is 1. The average Bonchev–Trinajstić information content (AvgIpc) is 3.12. The lowest BCUT2D eigenvalue weighted by atomic mass is 10.0. The summed E-state index contributed by atoms with van der Waals surface area (Å²) in [6.45, 7) is 5.39. The van der Waals surface area contributed by atoms with Gasteiger partial charge >= 0.3 is 6.09 Å². The molecule has 0 fully saturated rings. The summed E-state index contributed by atoms with van der Waals surface area (Å²) in [5, 5.41) is 5.50. The van der Waals surface area contributed by atoms with E-state index in [9.17, 15) is 9.59 Å². The first-order chi connectivity index (χ1) is 14.2. The molecule has 3 rings (SSSR count). The maximum absolute atomic E-state index is 12.1. The minimum atomic E-state index is -0.604. The fourth-order valence-corrected chi connectivity index (χ4v) is 4.02. The number of nitrogens with zero attached hydrogens (tertiary/aromatic N) is 1. The van der Waals surface area contributed by atoms with Gasteiger partial charge in [0, 0.05) is 27.4 Å². The van der Waals surface area contributed by atoms with Gasteiger partial charge in [0.1, 0.15) is 23.5 Å². The fraction of sp³-hybridized carbons (Fsp3) is 0.227. The Balaban J connectivity index is 2.01. The number of allylic oxidation sites excluding steroid dienone is 1. The number of amides is 1. The number of benzene rings is 1. The van der Waals surface area contributed by atoms with Crippen LogP contribution in [0.3, 0.4) is 0 Å². The van der Waals surface area contributed by atoms with Crippen LogP contribution in [0.25, 0.3) is 27.3 Å². The summed E-state index contributed by atoms with van der Waals surface area (Å²) in [5.74, 6) is 0.890. The quantitative estimate of drug-likeness (QED) is 0.435. The van der Waals surface area contributed by atoms with Gasteiger partial charge in [-0.3, -0.25) is 10.1 Å². The number of anilines is 2. The Morgan fingerprint density at radius 1 is 1.30 bits per heavy atom. The number of thiophene rings is 1. The Morgan fingerprint density at radius 2 is 2.07 bits per heavy atom. The molecule has 0 bridgehead atoms. The predicted molar refractivity (Wildman–Crippen MR) is 121 cm³/mol. The molecule has 0 aliphatic carbocycles. The van der Waals surface area contributed by atoms with Crippen LogP contribution < -0.4 is 15.8 Å². The minimum absolute atomic E-state index is 0.402. The number of aldehydes is 1. The molecule has 3 aromatic rings. The SMILES string of the molecule is COc1cc(-c2csc3c(/C=C/C=O)cnc(N)c23)ccc1NC(=O)OC(C)(C)C.